The Kier molecular flexibility index (Phi) is 8.89. The van der Waals surface area contributed by atoms with E-state index in [1.165, 1.54) is 89.9 Å². The first-order valence-electron chi connectivity index (χ1n) is 10.4. The molecule has 2 fully saturated rings. The molecule has 0 aromatic heterocycles. The molecule has 0 N–H and O–H groups in total. The average molecular weight is 309 g/mol. The molecular weight excluding hydrogens is 268 g/mol. The Morgan fingerprint density at radius 1 is 0.682 bits per heavy atom. The maximum Gasteiger partial charge on any atom is 0.0575 e. The molecular formula is C21H40O. The van der Waals surface area contributed by atoms with Crippen molar-refractivity contribution in [3.8, 4) is 0 Å². The van der Waals surface area contributed by atoms with Crippen LogP contribution in [0.1, 0.15) is 104 Å². The van der Waals surface area contributed by atoms with Crippen molar-refractivity contribution in [2.24, 2.45) is 17.8 Å². The van der Waals surface area contributed by atoms with Crippen LogP contribution in [0.15, 0.2) is 0 Å². The Hall–Kier alpha value is -0.0400. The lowest BCUT2D eigenvalue weighted by Crippen LogP contribution is -2.28. The summed E-state index contributed by atoms with van der Waals surface area (Å²) in [6.07, 6.45) is 20.4. The van der Waals surface area contributed by atoms with E-state index in [2.05, 4.69) is 13.8 Å². The predicted molar refractivity (Wildman–Crippen MR) is 96.2 cm³/mol. The average Bonchev–Trinajstić information content (AvgIpc) is 2.55. The van der Waals surface area contributed by atoms with Gasteiger partial charge in [0.15, 0.2) is 0 Å². The van der Waals surface area contributed by atoms with Crippen LogP contribution in [0.5, 0.6) is 0 Å². The molecule has 130 valence electrons. The number of ether oxygens (including phenoxy) is 1. The molecule has 1 nitrogen and oxygen atoms in total. The van der Waals surface area contributed by atoms with Gasteiger partial charge in [-0.1, -0.05) is 58.8 Å². The third kappa shape index (κ3) is 6.60. The van der Waals surface area contributed by atoms with Gasteiger partial charge in [-0.2, -0.15) is 0 Å². The highest BCUT2D eigenvalue weighted by atomic mass is 16.5. The summed E-state index contributed by atoms with van der Waals surface area (Å²) in [7, 11) is 0. The zero-order valence-corrected chi connectivity index (χ0v) is 15.3. The highest BCUT2D eigenvalue weighted by molar-refractivity contribution is 4.81. The summed E-state index contributed by atoms with van der Waals surface area (Å²) in [5.74, 6) is 3.07. The minimum Gasteiger partial charge on any atom is -0.378 e. The molecule has 0 saturated heterocycles. The van der Waals surface area contributed by atoms with Crippen molar-refractivity contribution in [3.05, 3.63) is 0 Å². The van der Waals surface area contributed by atoms with Crippen LogP contribution in [0, 0.1) is 17.8 Å². The van der Waals surface area contributed by atoms with Crippen LogP contribution in [0.3, 0.4) is 0 Å². The lowest BCUT2D eigenvalue weighted by Gasteiger charge is -2.37. The third-order valence-electron chi connectivity index (χ3n) is 6.30. The second-order valence-electron chi connectivity index (χ2n) is 8.20. The molecule has 0 spiro atoms. The largest absolute Gasteiger partial charge is 0.378 e. The van der Waals surface area contributed by atoms with E-state index in [0.29, 0.717) is 6.10 Å². The molecule has 2 aliphatic rings. The molecule has 2 saturated carbocycles. The molecule has 0 radical (unpaired) electrons. The smallest absolute Gasteiger partial charge is 0.0575 e. The van der Waals surface area contributed by atoms with Gasteiger partial charge in [0.2, 0.25) is 0 Å². The van der Waals surface area contributed by atoms with Crippen LogP contribution in [0.25, 0.3) is 0 Å². The minimum absolute atomic E-state index is 0.592. The number of hydrogen-bond donors (Lipinski definition) is 0. The first-order chi connectivity index (χ1) is 10.8. The van der Waals surface area contributed by atoms with E-state index in [0.717, 1.165) is 24.4 Å². The van der Waals surface area contributed by atoms with Gasteiger partial charge in [-0.25, -0.2) is 0 Å². The molecule has 0 aliphatic heterocycles. The SMILES string of the molecule is CCCCCCCCO[C@H]1CC[C@H](C2CCC(C)CC2)CC1. The molecule has 0 amide bonds. The van der Waals surface area contributed by atoms with Gasteiger partial charge in [0.05, 0.1) is 6.10 Å². The lowest BCUT2D eigenvalue weighted by molar-refractivity contribution is 0.00563. The van der Waals surface area contributed by atoms with Gasteiger partial charge < -0.3 is 4.74 Å². The van der Waals surface area contributed by atoms with Crippen molar-refractivity contribution in [3.63, 3.8) is 0 Å². The standard InChI is InChI=1S/C21H40O/c1-3-4-5-6-7-8-17-22-21-15-13-20(14-16-21)19-11-9-18(2)10-12-19/h18-21H,3-17H2,1-2H3/t18?,19?,20-,21-. The second-order valence-corrected chi connectivity index (χ2v) is 8.20. The van der Waals surface area contributed by atoms with Crippen LogP contribution < -0.4 is 0 Å². The fourth-order valence-electron chi connectivity index (χ4n) is 4.62. The molecule has 22 heavy (non-hydrogen) atoms. The van der Waals surface area contributed by atoms with Crippen LogP contribution in [0.4, 0.5) is 0 Å². The number of hydrogen-bond acceptors (Lipinski definition) is 1. The van der Waals surface area contributed by atoms with E-state index in [9.17, 15) is 0 Å². The molecule has 2 rings (SSSR count). The molecule has 2 aliphatic carbocycles. The first kappa shape index (κ1) is 18.3. The maximum absolute atomic E-state index is 6.14. The highest BCUT2D eigenvalue weighted by Gasteiger charge is 2.30. The Balaban J connectivity index is 1.48. The lowest BCUT2D eigenvalue weighted by atomic mass is 9.71. The summed E-state index contributed by atoms with van der Waals surface area (Å²) in [6, 6.07) is 0. The normalized spacial score (nSPS) is 33.0. The summed E-state index contributed by atoms with van der Waals surface area (Å²) in [5.41, 5.74) is 0. The summed E-state index contributed by atoms with van der Waals surface area (Å²) >= 11 is 0. The van der Waals surface area contributed by atoms with Gasteiger partial charge in [0.1, 0.15) is 0 Å². The molecule has 0 unspecified atom stereocenters. The molecule has 0 bridgehead atoms. The van der Waals surface area contributed by atoms with Gasteiger partial charge in [0.25, 0.3) is 0 Å². The number of unbranched alkanes of at least 4 members (excludes halogenated alkanes) is 5. The summed E-state index contributed by atoms with van der Waals surface area (Å²) in [4.78, 5) is 0. The van der Waals surface area contributed by atoms with Crippen LogP contribution in [-0.4, -0.2) is 12.7 Å². The summed E-state index contributed by atoms with van der Waals surface area (Å²) in [6.45, 7) is 5.74. The Morgan fingerprint density at radius 2 is 1.23 bits per heavy atom. The van der Waals surface area contributed by atoms with Crippen molar-refractivity contribution in [1.29, 1.82) is 0 Å². The molecule has 0 aromatic carbocycles. The first-order valence-corrected chi connectivity index (χ1v) is 10.4. The monoisotopic (exact) mass is 308 g/mol. The van der Waals surface area contributed by atoms with Gasteiger partial charge >= 0.3 is 0 Å². The third-order valence-corrected chi connectivity index (χ3v) is 6.30. The van der Waals surface area contributed by atoms with Crippen LogP contribution in [0.2, 0.25) is 0 Å². The van der Waals surface area contributed by atoms with Crippen molar-refractivity contribution in [1.82, 2.24) is 0 Å². The Bertz CT molecular complexity index is 259. The van der Waals surface area contributed by atoms with E-state index in [-0.39, 0.29) is 0 Å². The van der Waals surface area contributed by atoms with E-state index < -0.39 is 0 Å². The minimum atomic E-state index is 0.592. The van der Waals surface area contributed by atoms with Gasteiger partial charge in [0, 0.05) is 6.61 Å². The summed E-state index contributed by atoms with van der Waals surface area (Å²) in [5, 5.41) is 0. The zero-order chi connectivity index (χ0) is 15.6. The molecule has 1 heteroatoms. The fourth-order valence-corrected chi connectivity index (χ4v) is 4.62. The van der Waals surface area contributed by atoms with Crippen molar-refractivity contribution < 1.29 is 4.74 Å². The molecule has 0 atom stereocenters. The van der Waals surface area contributed by atoms with E-state index in [4.69, 9.17) is 4.74 Å². The summed E-state index contributed by atoms with van der Waals surface area (Å²) < 4.78 is 6.14. The van der Waals surface area contributed by atoms with E-state index in [1.807, 2.05) is 0 Å². The molecule has 0 heterocycles. The van der Waals surface area contributed by atoms with E-state index in [1.54, 1.807) is 0 Å². The maximum atomic E-state index is 6.14. The van der Waals surface area contributed by atoms with E-state index >= 15 is 0 Å². The predicted octanol–water partition coefficient (Wildman–Crippen LogP) is 6.75. The van der Waals surface area contributed by atoms with Gasteiger partial charge in [-0.3, -0.25) is 0 Å². The van der Waals surface area contributed by atoms with Gasteiger partial charge in [-0.15, -0.1) is 0 Å². The highest BCUT2D eigenvalue weighted by Crippen LogP contribution is 2.40. The second kappa shape index (κ2) is 10.7. The number of rotatable bonds is 9. The molecule has 0 aromatic rings. The van der Waals surface area contributed by atoms with Crippen molar-refractivity contribution in [2.75, 3.05) is 6.61 Å². The van der Waals surface area contributed by atoms with Crippen molar-refractivity contribution in [2.45, 2.75) is 110 Å². The zero-order valence-electron chi connectivity index (χ0n) is 15.3. The van der Waals surface area contributed by atoms with Gasteiger partial charge in [-0.05, 0) is 62.7 Å². The quantitative estimate of drug-likeness (QED) is 0.428. The topological polar surface area (TPSA) is 9.23 Å². The Labute approximate surface area is 139 Å². The van der Waals surface area contributed by atoms with Crippen molar-refractivity contribution >= 4 is 0 Å². The van der Waals surface area contributed by atoms with Crippen LogP contribution in [-0.2, 0) is 4.74 Å². The Morgan fingerprint density at radius 3 is 1.86 bits per heavy atom. The fraction of sp³-hybridized carbons (Fsp3) is 1.00. The van der Waals surface area contributed by atoms with Crippen LogP contribution >= 0.6 is 0 Å².